The molecule has 4 saturated heterocycles. The average Bonchev–Trinajstić information content (AvgIpc) is 3.84. The summed E-state index contributed by atoms with van der Waals surface area (Å²) in [6.07, 6.45) is 4.07. The highest BCUT2D eigenvalue weighted by Gasteiger charge is 2.47. The molecule has 1 N–H and O–H groups in total. The lowest BCUT2D eigenvalue weighted by Gasteiger charge is -2.40. The average molecular weight is 774 g/mol. The van der Waals surface area contributed by atoms with Crippen molar-refractivity contribution >= 4 is 58.4 Å². The van der Waals surface area contributed by atoms with Crippen LogP contribution in [0.25, 0.3) is 0 Å². The number of amides is 6. The summed E-state index contributed by atoms with van der Waals surface area (Å²) >= 11 is 6.26. The molecule has 0 bridgehead atoms. The predicted molar refractivity (Wildman–Crippen MR) is 205 cm³/mol. The normalized spacial score (nSPS) is 22.5. The minimum Gasteiger partial charge on any atom is -0.371 e. The van der Waals surface area contributed by atoms with E-state index >= 15 is 0 Å². The van der Waals surface area contributed by atoms with Gasteiger partial charge in [0.25, 0.3) is 17.7 Å². The standard InChI is InChI=1S/C42H40ClN7O6/c43-34-19-31(6-3-26(34)21-44)49-24-42(20-37(49)52)11-15-46(16-12-42)29-4-1-25(2-5-29)39(54)47-13-9-30(10-14-47)48-22-27-17-32-33(18-28(27)23-48)41(56)50(40(32)55)35-7-8-36(51)45-38(35)53/h1-6,17-19,30,35H,7-16,20,22-24H2,(H,45,51,53). The van der Waals surface area contributed by atoms with Crippen LogP contribution in [0.15, 0.2) is 54.6 Å². The van der Waals surface area contributed by atoms with Gasteiger partial charge in [0.15, 0.2) is 0 Å². The Morgan fingerprint density at radius 3 is 2.07 bits per heavy atom. The molecule has 0 radical (unpaired) electrons. The number of likely N-dealkylation sites (tertiary alicyclic amines) is 1. The molecule has 3 aromatic rings. The van der Waals surface area contributed by atoms with Gasteiger partial charge in [-0.05, 0) is 97.8 Å². The van der Waals surface area contributed by atoms with Crippen LogP contribution in [0.1, 0.15) is 92.7 Å². The third-order valence-electron chi connectivity index (χ3n) is 12.8. The van der Waals surface area contributed by atoms with Crippen LogP contribution in [0.4, 0.5) is 11.4 Å². The number of fused-ring (bicyclic) bond motifs is 2. The number of carbonyl (C=O) groups excluding carboxylic acids is 6. The van der Waals surface area contributed by atoms with Crippen molar-refractivity contribution in [3.63, 3.8) is 0 Å². The first kappa shape index (κ1) is 36.1. The predicted octanol–water partition coefficient (Wildman–Crippen LogP) is 4.26. The van der Waals surface area contributed by atoms with Crippen LogP contribution >= 0.6 is 11.6 Å². The van der Waals surface area contributed by atoms with Gasteiger partial charge in [0.05, 0.1) is 21.7 Å². The number of hydrogen-bond acceptors (Lipinski definition) is 9. The van der Waals surface area contributed by atoms with Crippen LogP contribution in [0, 0.1) is 16.7 Å². The van der Waals surface area contributed by atoms with E-state index in [1.165, 1.54) is 0 Å². The van der Waals surface area contributed by atoms with E-state index in [0.717, 1.165) is 66.2 Å². The monoisotopic (exact) mass is 773 g/mol. The SMILES string of the molecule is N#Cc1ccc(N2CC3(CCN(c4ccc(C(=O)N5CCC(N6Cc7cc8c(cc7C6)C(=O)N(C6CCC(=O)NC6=O)C8=O)CC5)cc4)CC3)CC2=O)cc1Cl. The number of nitriles is 1. The second kappa shape index (κ2) is 13.9. The van der Waals surface area contributed by atoms with Crippen molar-refractivity contribution in [1.82, 2.24) is 20.0 Å². The second-order valence-corrected chi connectivity index (χ2v) is 16.4. The van der Waals surface area contributed by atoms with Gasteiger partial charge >= 0.3 is 0 Å². The number of benzene rings is 3. The highest BCUT2D eigenvalue weighted by atomic mass is 35.5. The summed E-state index contributed by atoms with van der Waals surface area (Å²) in [5.74, 6) is -1.91. The lowest BCUT2D eigenvalue weighted by molar-refractivity contribution is -0.136. The Balaban J connectivity index is 0.767. The Hall–Kier alpha value is -5.58. The third kappa shape index (κ3) is 6.21. The molecule has 1 unspecified atom stereocenters. The van der Waals surface area contributed by atoms with Gasteiger partial charge in [-0.2, -0.15) is 5.26 Å². The van der Waals surface area contributed by atoms with E-state index in [1.54, 1.807) is 35.2 Å². The number of carbonyl (C=O) groups is 6. The summed E-state index contributed by atoms with van der Waals surface area (Å²) in [4.78, 5) is 86.8. The van der Waals surface area contributed by atoms with E-state index in [2.05, 4.69) is 21.2 Å². The van der Waals surface area contributed by atoms with E-state index in [1.807, 2.05) is 29.2 Å². The molecule has 4 fully saturated rings. The van der Waals surface area contributed by atoms with E-state index in [0.29, 0.717) is 66.4 Å². The molecule has 56 heavy (non-hydrogen) atoms. The summed E-state index contributed by atoms with van der Waals surface area (Å²) < 4.78 is 0. The molecule has 6 heterocycles. The van der Waals surface area contributed by atoms with Gasteiger partial charge in [0, 0.05) is 87.0 Å². The molecule has 6 amide bonds. The zero-order chi connectivity index (χ0) is 38.9. The Morgan fingerprint density at radius 2 is 1.46 bits per heavy atom. The Morgan fingerprint density at radius 1 is 0.821 bits per heavy atom. The maximum atomic E-state index is 13.6. The second-order valence-electron chi connectivity index (χ2n) is 16.0. The van der Waals surface area contributed by atoms with Crippen LogP contribution in [0.5, 0.6) is 0 Å². The Labute approximate surface area is 328 Å². The zero-order valence-corrected chi connectivity index (χ0v) is 31.5. The van der Waals surface area contributed by atoms with Gasteiger partial charge in [0.2, 0.25) is 17.7 Å². The number of halogens is 1. The minimum absolute atomic E-state index is 0.0128. The summed E-state index contributed by atoms with van der Waals surface area (Å²) in [6, 6.07) is 17.9. The number of nitrogens with zero attached hydrogens (tertiary/aromatic N) is 6. The van der Waals surface area contributed by atoms with Crippen molar-refractivity contribution in [3.05, 3.63) is 93.0 Å². The molecule has 6 aliphatic rings. The van der Waals surface area contributed by atoms with Gasteiger partial charge < -0.3 is 14.7 Å². The van der Waals surface area contributed by atoms with Crippen molar-refractivity contribution in [2.75, 3.05) is 42.5 Å². The topological polar surface area (TPSA) is 154 Å². The smallest absolute Gasteiger partial charge is 0.262 e. The minimum atomic E-state index is -0.984. The highest BCUT2D eigenvalue weighted by Crippen LogP contribution is 2.44. The van der Waals surface area contributed by atoms with Crippen LogP contribution in [0.3, 0.4) is 0 Å². The molecule has 1 atom stereocenters. The fourth-order valence-electron chi connectivity index (χ4n) is 9.55. The number of imide groups is 2. The molecule has 3 aromatic carbocycles. The highest BCUT2D eigenvalue weighted by molar-refractivity contribution is 6.32. The van der Waals surface area contributed by atoms with Gasteiger partial charge in [-0.15, -0.1) is 0 Å². The summed E-state index contributed by atoms with van der Waals surface area (Å²) in [5, 5.41) is 11.8. The number of piperidine rings is 3. The first-order chi connectivity index (χ1) is 27.0. The molecule has 0 aromatic heterocycles. The van der Waals surface area contributed by atoms with E-state index in [4.69, 9.17) is 11.6 Å². The van der Waals surface area contributed by atoms with Gasteiger partial charge in [-0.3, -0.25) is 43.9 Å². The summed E-state index contributed by atoms with van der Waals surface area (Å²) in [6.45, 7) is 4.80. The van der Waals surface area contributed by atoms with Crippen LogP contribution in [-0.2, 0) is 27.5 Å². The molecule has 0 aliphatic carbocycles. The zero-order valence-electron chi connectivity index (χ0n) is 30.8. The van der Waals surface area contributed by atoms with Crippen LogP contribution < -0.4 is 15.1 Å². The number of anilines is 2. The van der Waals surface area contributed by atoms with Gasteiger partial charge in [-0.1, -0.05) is 11.6 Å². The molecular formula is C42H40ClN7O6. The van der Waals surface area contributed by atoms with Gasteiger partial charge in [-0.25, -0.2) is 0 Å². The number of hydrogen-bond donors (Lipinski definition) is 1. The van der Waals surface area contributed by atoms with Crippen molar-refractivity contribution in [1.29, 1.82) is 5.26 Å². The molecular weight excluding hydrogens is 734 g/mol. The molecule has 13 nitrogen and oxygen atoms in total. The van der Waals surface area contributed by atoms with E-state index < -0.39 is 29.7 Å². The maximum absolute atomic E-state index is 13.6. The number of rotatable bonds is 5. The van der Waals surface area contributed by atoms with Gasteiger partial charge in [0.1, 0.15) is 12.1 Å². The lowest BCUT2D eigenvalue weighted by atomic mass is 9.77. The molecule has 286 valence electrons. The molecule has 6 aliphatic heterocycles. The fourth-order valence-corrected chi connectivity index (χ4v) is 9.77. The van der Waals surface area contributed by atoms with E-state index in [9.17, 15) is 34.0 Å². The first-order valence-electron chi connectivity index (χ1n) is 19.3. The van der Waals surface area contributed by atoms with E-state index in [-0.39, 0.29) is 36.1 Å². The molecule has 1 spiro atoms. The summed E-state index contributed by atoms with van der Waals surface area (Å²) in [7, 11) is 0. The third-order valence-corrected chi connectivity index (χ3v) is 13.1. The van der Waals surface area contributed by atoms with Crippen molar-refractivity contribution < 1.29 is 28.8 Å². The Bertz CT molecular complexity index is 2210. The molecule has 0 saturated carbocycles. The molecule has 9 rings (SSSR count). The first-order valence-corrected chi connectivity index (χ1v) is 19.6. The Kier molecular flexibility index (Phi) is 8.93. The van der Waals surface area contributed by atoms with Crippen LogP contribution in [-0.4, -0.2) is 95.0 Å². The lowest BCUT2D eigenvalue weighted by Crippen LogP contribution is -2.54. The van der Waals surface area contributed by atoms with Crippen molar-refractivity contribution in [3.8, 4) is 6.07 Å². The van der Waals surface area contributed by atoms with Crippen molar-refractivity contribution in [2.24, 2.45) is 5.41 Å². The maximum Gasteiger partial charge on any atom is 0.262 e. The summed E-state index contributed by atoms with van der Waals surface area (Å²) in [5.41, 5.74) is 5.32. The van der Waals surface area contributed by atoms with Crippen molar-refractivity contribution in [2.45, 2.75) is 70.1 Å². The molecule has 14 heteroatoms. The number of nitrogens with one attached hydrogen (secondary N) is 1. The van der Waals surface area contributed by atoms with Crippen LogP contribution in [0.2, 0.25) is 5.02 Å². The largest absolute Gasteiger partial charge is 0.371 e. The quantitative estimate of drug-likeness (QED) is 0.375. The fraction of sp³-hybridized carbons (Fsp3) is 0.405.